The van der Waals surface area contributed by atoms with Crippen LogP contribution >= 0.6 is 0 Å². The third-order valence-corrected chi connectivity index (χ3v) is 6.04. The Balaban J connectivity index is 1.71. The Bertz CT molecular complexity index is 1000. The molecule has 0 spiro atoms. The van der Waals surface area contributed by atoms with E-state index in [4.69, 9.17) is 14.3 Å². The van der Waals surface area contributed by atoms with Crippen molar-refractivity contribution in [2.24, 2.45) is 5.92 Å². The van der Waals surface area contributed by atoms with Crippen molar-refractivity contribution in [3.8, 4) is 5.75 Å². The van der Waals surface area contributed by atoms with Crippen LogP contribution < -0.4 is 10.1 Å². The molecule has 2 aromatic carbocycles. The van der Waals surface area contributed by atoms with E-state index in [1.54, 1.807) is 19.2 Å². The third kappa shape index (κ3) is 3.95. The van der Waals surface area contributed by atoms with Crippen molar-refractivity contribution in [3.05, 3.63) is 59.4 Å². The summed E-state index contributed by atoms with van der Waals surface area (Å²) < 4.78 is 11.7. The molecule has 0 aliphatic heterocycles. The molecule has 152 valence electrons. The van der Waals surface area contributed by atoms with Gasteiger partial charge in [-0.15, -0.1) is 0 Å². The number of furan rings is 1. The lowest BCUT2D eigenvalue weighted by Gasteiger charge is -2.31. The second kappa shape index (κ2) is 8.19. The van der Waals surface area contributed by atoms with Gasteiger partial charge in [-0.25, -0.2) is 4.79 Å². The van der Waals surface area contributed by atoms with Crippen LogP contribution in [0.3, 0.4) is 0 Å². The van der Waals surface area contributed by atoms with Gasteiger partial charge in [0.25, 0.3) is 0 Å². The normalized spacial score (nSPS) is 15.9. The molecule has 29 heavy (non-hydrogen) atoms. The van der Waals surface area contributed by atoms with Crippen LogP contribution in [0.4, 0.5) is 5.69 Å². The summed E-state index contributed by atoms with van der Waals surface area (Å²) in [5.41, 5.74) is 3.19. The maximum absolute atomic E-state index is 11.2. The first kappa shape index (κ1) is 19.4. The van der Waals surface area contributed by atoms with E-state index >= 15 is 0 Å². The number of anilines is 1. The molecule has 1 atom stereocenters. The van der Waals surface area contributed by atoms with Gasteiger partial charge in [-0.2, -0.15) is 0 Å². The maximum atomic E-state index is 11.2. The molecule has 1 heterocycles. The van der Waals surface area contributed by atoms with Gasteiger partial charge >= 0.3 is 5.97 Å². The molecule has 1 aliphatic rings. The number of benzene rings is 2. The van der Waals surface area contributed by atoms with E-state index in [1.807, 2.05) is 30.3 Å². The zero-order chi connectivity index (χ0) is 20.4. The second-order valence-corrected chi connectivity index (χ2v) is 7.86. The van der Waals surface area contributed by atoms with Crippen LogP contribution in [-0.4, -0.2) is 18.2 Å². The van der Waals surface area contributed by atoms with E-state index in [1.165, 1.54) is 19.3 Å². The summed E-state index contributed by atoms with van der Waals surface area (Å²) in [5, 5.41) is 13.9. The molecule has 5 nitrogen and oxygen atoms in total. The summed E-state index contributed by atoms with van der Waals surface area (Å²) >= 11 is 0. The molecule has 1 unspecified atom stereocenters. The number of aryl methyl sites for hydroxylation is 1. The van der Waals surface area contributed by atoms with Gasteiger partial charge < -0.3 is 19.6 Å². The summed E-state index contributed by atoms with van der Waals surface area (Å²) in [7, 11) is 1.67. The predicted octanol–water partition coefficient (Wildman–Crippen LogP) is 6.18. The van der Waals surface area contributed by atoms with Gasteiger partial charge in [0, 0.05) is 16.6 Å². The molecule has 0 radical (unpaired) electrons. The van der Waals surface area contributed by atoms with Crippen molar-refractivity contribution in [3.63, 3.8) is 0 Å². The predicted molar refractivity (Wildman–Crippen MR) is 114 cm³/mol. The quantitative estimate of drug-likeness (QED) is 0.523. The lowest BCUT2D eigenvalue weighted by Crippen LogP contribution is -2.23. The molecule has 1 fully saturated rings. The van der Waals surface area contributed by atoms with Gasteiger partial charge in [-0.3, -0.25) is 0 Å². The second-order valence-electron chi connectivity index (χ2n) is 7.86. The Hall–Kier alpha value is -2.95. The zero-order valence-electron chi connectivity index (χ0n) is 16.9. The molecular formula is C24H27NO4. The van der Waals surface area contributed by atoms with Crippen molar-refractivity contribution >= 4 is 22.6 Å². The molecule has 0 amide bonds. The van der Waals surface area contributed by atoms with E-state index in [9.17, 15) is 4.79 Å². The third-order valence-electron chi connectivity index (χ3n) is 6.04. The van der Waals surface area contributed by atoms with E-state index in [2.05, 4.69) is 12.2 Å². The Kier molecular flexibility index (Phi) is 5.47. The molecule has 5 heteroatoms. The number of rotatable bonds is 6. The number of carbonyl (C=O) groups is 1. The first-order valence-electron chi connectivity index (χ1n) is 10.2. The van der Waals surface area contributed by atoms with Gasteiger partial charge in [0.1, 0.15) is 17.1 Å². The summed E-state index contributed by atoms with van der Waals surface area (Å²) in [4.78, 5) is 11.2. The Morgan fingerprint density at radius 2 is 1.86 bits per heavy atom. The fourth-order valence-corrected chi connectivity index (χ4v) is 4.40. The van der Waals surface area contributed by atoms with Gasteiger partial charge in [-0.05, 0) is 68.1 Å². The topological polar surface area (TPSA) is 71.7 Å². The van der Waals surface area contributed by atoms with Crippen LogP contribution in [0.25, 0.3) is 11.0 Å². The minimum absolute atomic E-state index is 0.0457. The highest BCUT2D eigenvalue weighted by atomic mass is 16.5. The molecule has 4 rings (SSSR count). The van der Waals surface area contributed by atoms with Crippen molar-refractivity contribution < 1.29 is 19.1 Å². The first-order valence-corrected chi connectivity index (χ1v) is 10.2. The Morgan fingerprint density at radius 3 is 2.52 bits per heavy atom. The van der Waals surface area contributed by atoms with Gasteiger partial charge in [0.2, 0.25) is 0 Å². The summed E-state index contributed by atoms with van der Waals surface area (Å²) in [6, 6.07) is 12.9. The number of hydrogen-bond acceptors (Lipinski definition) is 4. The van der Waals surface area contributed by atoms with Crippen molar-refractivity contribution in [2.45, 2.75) is 45.1 Å². The Labute approximate surface area is 170 Å². The van der Waals surface area contributed by atoms with Gasteiger partial charge in [0.05, 0.1) is 18.7 Å². The minimum atomic E-state index is -0.914. The number of carboxylic acids is 1. The first-order chi connectivity index (χ1) is 14.1. The summed E-state index contributed by atoms with van der Waals surface area (Å²) in [6.07, 6.45) is 6.06. The molecular weight excluding hydrogens is 366 g/mol. The average Bonchev–Trinajstić information content (AvgIpc) is 3.08. The number of fused-ring (bicyclic) bond motifs is 1. The van der Waals surface area contributed by atoms with Crippen LogP contribution in [0.15, 0.2) is 46.9 Å². The maximum Gasteiger partial charge on any atom is 0.335 e. The van der Waals surface area contributed by atoms with Crippen LogP contribution in [0.1, 0.15) is 59.8 Å². The number of hydrogen-bond donors (Lipinski definition) is 2. The summed E-state index contributed by atoms with van der Waals surface area (Å²) in [6.45, 7) is 2.10. The molecule has 3 aromatic rings. The highest BCUT2D eigenvalue weighted by Crippen LogP contribution is 2.41. The molecule has 2 N–H and O–H groups in total. The standard InChI is InChI=1S/C24H27NO4/c1-15-20-14-19(28-2)12-13-21(20)29-23(15)22(16-6-4-3-5-7-16)25-18-10-8-17(9-11-18)24(26)27/h8-14,16,22,25H,3-7H2,1-2H3,(H,26,27). The monoisotopic (exact) mass is 393 g/mol. The lowest BCUT2D eigenvalue weighted by molar-refractivity contribution is 0.0697. The lowest BCUT2D eigenvalue weighted by atomic mass is 9.82. The SMILES string of the molecule is COc1ccc2oc(C(Nc3ccc(C(=O)O)cc3)C3CCCCC3)c(C)c2c1. The highest BCUT2D eigenvalue weighted by molar-refractivity contribution is 5.88. The van der Waals surface area contributed by atoms with E-state index in [0.29, 0.717) is 5.92 Å². The molecule has 1 saturated carbocycles. The van der Waals surface area contributed by atoms with E-state index in [0.717, 1.165) is 46.6 Å². The van der Waals surface area contributed by atoms with Gasteiger partial charge in [0.15, 0.2) is 0 Å². The molecule has 0 saturated heterocycles. The fourth-order valence-electron chi connectivity index (χ4n) is 4.40. The number of carboxylic acid groups (broad SMARTS) is 1. The summed E-state index contributed by atoms with van der Waals surface area (Å²) in [5.74, 6) is 1.34. The fraction of sp³-hybridized carbons (Fsp3) is 0.375. The highest BCUT2D eigenvalue weighted by Gasteiger charge is 2.30. The molecule has 1 aromatic heterocycles. The van der Waals surface area contributed by atoms with E-state index < -0.39 is 5.97 Å². The smallest absolute Gasteiger partial charge is 0.335 e. The van der Waals surface area contributed by atoms with Crippen LogP contribution in [-0.2, 0) is 0 Å². The number of nitrogens with one attached hydrogen (secondary N) is 1. The minimum Gasteiger partial charge on any atom is -0.497 e. The van der Waals surface area contributed by atoms with Crippen LogP contribution in [0.2, 0.25) is 0 Å². The number of aromatic carboxylic acids is 1. The number of ether oxygens (including phenoxy) is 1. The number of methoxy groups -OCH3 is 1. The van der Waals surface area contributed by atoms with Crippen LogP contribution in [0.5, 0.6) is 5.75 Å². The van der Waals surface area contributed by atoms with Crippen molar-refractivity contribution in [1.82, 2.24) is 0 Å². The van der Waals surface area contributed by atoms with Crippen molar-refractivity contribution in [2.75, 3.05) is 12.4 Å². The Morgan fingerprint density at radius 1 is 1.14 bits per heavy atom. The average molecular weight is 393 g/mol. The van der Waals surface area contributed by atoms with Crippen LogP contribution in [0, 0.1) is 12.8 Å². The largest absolute Gasteiger partial charge is 0.497 e. The van der Waals surface area contributed by atoms with Crippen molar-refractivity contribution in [1.29, 1.82) is 0 Å². The van der Waals surface area contributed by atoms with E-state index in [-0.39, 0.29) is 11.6 Å². The van der Waals surface area contributed by atoms with Gasteiger partial charge in [-0.1, -0.05) is 19.3 Å². The molecule has 1 aliphatic carbocycles. The zero-order valence-corrected chi connectivity index (χ0v) is 16.9. The molecule has 0 bridgehead atoms.